The molecule has 4 heteroatoms. The highest BCUT2D eigenvalue weighted by Crippen LogP contribution is 2.26. The molecule has 1 unspecified atom stereocenters. The van der Waals surface area contributed by atoms with Crippen molar-refractivity contribution in [3.05, 3.63) is 23.8 Å². The van der Waals surface area contributed by atoms with Crippen LogP contribution in [0.15, 0.2) is 18.2 Å². The second kappa shape index (κ2) is 7.24. The summed E-state index contributed by atoms with van der Waals surface area (Å²) in [5.74, 6) is 0. The summed E-state index contributed by atoms with van der Waals surface area (Å²) in [6, 6.07) is 6.34. The molecule has 1 rings (SSSR count). The minimum atomic E-state index is 0.259. The molecule has 0 spiro atoms. The Kier molecular flexibility index (Phi) is 5.95. The fourth-order valence-electron chi connectivity index (χ4n) is 2.00. The van der Waals surface area contributed by atoms with Crippen LogP contribution in [-0.2, 0) is 9.47 Å². The number of nitrogens with zero attached hydrogens (tertiary/aromatic N) is 1. The van der Waals surface area contributed by atoms with Gasteiger partial charge in [0.05, 0.1) is 24.6 Å². The minimum Gasteiger partial charge on any atom is -0.397 e. The van der Waals surface area contributed by atoms with Gasteiger partial charge in [0.2, 0.25) is 0 Å². The Morgan fingerprint density at radius 1 is 1.28 bits per heavy atom. The van der Waals surface area contributed by atoms with Gasteiger partial charge in [0.25, 0.3) is 0 Å². The van der Waals surface area contributed by atoms with E-state index in [1.807, 2.05) is 12.1 Å². The van der Waals surface area contributed by atoms with Crippen molar-refractivity contribution < 1.29 is 9.47 Å². The monoisotopic (exact) mass is 252 g/mol. The molecule has 0 aliphatic carbocycles. The number of methoxy groups -OCH3 is 2. The summed E-state index contributed by atoms with van der Waals surface area (Å²) >= 11 is 0. The van der Waals surface area contributed by atoms with Crippen LogP contribution in [0.25, 0.3) is 0 Å². The number of nitrogens with two attached hydrogens (primary N) is 1. The number of ether oxygens (including phenoxy) is 2. The van der Waals surface area contributed by atoms with Crippen LogP contribution in [0.3, 0.4) is 0 Å². The molecule has 1 atom stereocenters. The Morgan fingerprint density at radius 2 is 2.00 bits per heavy atom. The van der Waals surface area contributed by atoms with Gasteiger partial charge in [-0.25, -0.2) is 0 Å². The molecule has 0 fully saturated rings. The average molecular weight is 252 g/mol. The molecule has 4 nitrogen and oxygen atoms in total. The fourth-order valence-corrected chi connectivity index (χ4v) is 2.00. The van der Waals surface area contributed by atoms with Gasteiger partial charge in [-0.1, -0.05) is 6.07 Å². The van der Waals surface area contributed by atoms with E-state index in [1.165, 1.54) is 5.56 Å². The first-order chi connectivity index (χ1) is 8.60. The Bertz CT molecular complexity index is 369. The third-order valence-corrected chi connectivity index (χ3v) is 2.97. The SMILES string of the molecule is COCCN(c1cc(C)ccc1N)C(C)COC. The molecule has 0 saturated heterocycles. The molecule has 102 valence electrons. The fraction of sp³-hybridized carbons (Fsp3) is 0.571. The first kappa shape index (κ1) is 14.8. The highest BCUT2D eigenvalue weighted by Gasteiger charge is 2.16. The maximum atomic E-state index is 6.07. The lowest BCUT2D eigenvalue weighted by atomic mass is 10.1. The number of rotatable bonds is 7. The van der Waals surface area contributed by atoms with Crippen molar-refractivity contribution in [2.45, 2.75) is 19.9 Å². The zero-order valence-electron chi connectivity index (χ0n) is 11.8. The molecular weight excluding hydrogens is 228 g/mol. The summed E-state index contributed by atoms with van der Waals surface area (Å²) in [7, 11) is 3.42. The van der Waals surface area contributed by atoms with Crippen LogP contribution in [0.1, 0.15) is 12.5 Å². The third kappa shape index (κ3) is 3.89. The lowest BCUT2D eigenvalue weighted by Crippen LogP contribution is -2.39. The van der Waals surface area contributed by atoms with E-state index >= 15 is 0 Å². The second-order valence-electron chi connectivity index (χ2n) is 4.55. The summed E-state index contributed by atoms with van der Waals surface area (Å²) in [4.78, 5) is 2.23. The van der Waals surface area contributed by atoms with E-state index in [4.69, 9.17) is 15.2 Å². The molecule has 2 N–H and O–H groups in total. The van der Waals surface area contributed by atoms with Crippen molar-refractivity contribution in [3.8, 4) is 0 Å². The van der Waals surface area contributed by atoms with Crippen LogP contribution in [0, 0.1) is 6.92 Å². The molecule has 0 bridgehead atoms. The van der Waals surface area contributed by atoms with Gasteiger partial charge < -0.3 is 20.1 Å². The molecule has 0 heterocycles. The van der Waals surface area contributed by atoms with Crippen LogP contribution in [0.2, 0.25) is 0 Å². The van der Waals surface area contributed by atoms with E-state index in [0.717, 1.165) is 17.9 Å². The normalized spacial score (nSPS) is 12.4. The van der Waals surface area contributed by atoms with Crippen molar-refractivity contribution in [2.24, 2.45) is 0 Å². The van der Waals surface area contributed by atoms with Gasteiger partial charge in [0, 0.05) is 26.8 Å². The van der Waals surface area contributed by atoms with E-state index in [-0.39, 0.29) is 6.04 Å². The molecule has 0 aliphatic heterocycles. The number of aryl methyl sites for hydroxylation is 1. The molecular formula is C14H24N2O2. The first-order valence-corrected chi connectivity index (χ1v) is 6.20. The van der Waals surface area contributed by atoms with Gasteiger partial charge in [-0.05, 0) is 31.5 Å². The largest absolute Gasteiger partial charge is 0.397 e. The Balaban J connectivity index is 2.96. The highest BCUT2D eigenvalue weighted by atomic mass is 16.5. The molecule has 0 aliphatic rings. The van der Waals surface area contributed by atoms with Gasteiger partial charge in [-0.3, -0.25) is 0 Å². The van der Waals surface area contributed by atoms with Crippen LogP contribution in [0.4, 0.5) is 11.4 Å². The summed E-state index contributed by atoms with van der Waals surface area (Å²) in [5, 5.41) is 0. The standard InChI is InChI=1S/C14H24N2O2/c1-11-5-6-13(15)14(9-11)16(7-8-17-3)12(2)10-18-4/h5-6,9,12H,7-8,10,15H2,1-4H3. The van der Waals surface area contributed by atoms with Gasteiger partial charge >= 0.3 is 0 Å². The van der Waals surface area contributed by atoms with Crippen molar-refractivity contribution in [3.63, 3.8) is 0 Å². The Morgan fingerprint density at radius 3 is 2.61 bits per heavy atom. The van der Waals surface area contributed by atoms with Crippen molar-refractivity contribution in [1.82, 2.24) is 0 Å². The summed E-state index contributed by atoms with van der Waals surface area (Å²) in [6.07, 6.45) is 0. The third-order valence-electron chi connectivity index (χ3n) is 2.97. The number of anilines is 2. The smallest absolute Gasteiger partial charge is 0.0663 e. The van der Waals surface area contributed by atoms with Crippen LogP contribution < -0.4 is 10.6 Å². The number of nitrogen functional groups attached to an aromatic ring is 1. The van der Waals surface area contributed by atoms with Gasteiger partial charge in [-0.2, -0.15) is 0 Å². The summed E-state index contributed by atoms with van der Waals surface area (Å²) in [6.45, 7) is 6.33. The summed E-state index contributed by atoms with van der Waals surface area (Å²) < 4.78 is 10.4. The minimum absolute atomic E-state index is 0.259. The highest BCUT2D eigenvalue weighted by molar-refractivity contribution is 5.69. The van der Waals surface area contributed by atoms with E-state index in [1.54, 1.807) is 14.2 Å². The first-order valence-electron chi connectivity index (χ1n) is 6.20. The number of benzene rings is 1. The Hall–Kier alpha value is -1.26. The zero-order valence-corrected chi connectivity index (χ0v) is 11.8. The maximum absolute atomic E-state index is 6.07. The lowest BCUT2D eigenvalue weighted by Gasteiger charge is -2.32. The van der Waals surface area contributed by atoms with Gasteiger partial charge in [0.15, 0.2) is 0 Å². The predicted octanol–water partition coefficient (Wildman–Crippen LogP) is 2.06. The lowest BCUT2D eigenvalue weighted by molar-refractivity contribution is 0.171. The van der Waals surface area contributed by atoms with E-state index in [0.29, 0.717) is 13.2 Å². The molecule has 0 amide bonds. The zero-order chi connectivity index (χ0) is 13.5. The molecule has 18 heavy (non-hydrogen) atoms. The van der Waals surface area contributed by atoms with Crippen LogP contribution in [0.5, 0.6) is 0 Å². The van der Waals surface area contributed by atoms with Gasteiger partial charge in [0.1, 0.15) is 0 Å². The van der Waals surface area contributed by atoms with Crippen LogP contribution >= 0.6 is 0 Å². The van der Waals surface area contributed by atoms with Crippen molar-refractivity contribution >= 4 is 11.4 Å². The van der Waals surface area contributed by atoms with Crippen LogP contribution in [-0.4, -0.2) is 40.0 Å². The molecule has 0 saturated carbocycles. The predicted molar refractivity (Wildman–Crippen MR) is 76.2 cm³/mol. The van der Waals surface area contributed by atoms with E-state index in [9.17, 15) is 0 Å². The van der Waals surface area contributed by atoms with Gasteiger partial charge in [-0.15, -0.1) is 0 Å². The molecule has 1 aromatic rings. The van der Waals surface area contributed by atoms with Crippen molar-refractivity contribution in [1.29, 1.82) is 0 Å². The maximum Gasteiger partial charge on any atom is 0.0663 e. The molecule has 0 aromatic heterocycles. The quantitative estimate of drug-likeness (QED) is 0.755. The molecule has 1 aromatic carbocycles. The van der Waals surface area contributed by atoms with Crippen molar-refractivity contribution in [2.75, 3.05) is 44.6 Å². The second-order valence-corrected chi connectivity index (χ2v) is 4.55. The average Bonchev–Trinajstić information content (AvgIpc) is 2.34. The number of hydrogen-bond donors (Lipinski definition) is 1. The topological polar surface area (TPSA) is 47.7 Å². The van der Waals surface area contributed by atoms with E-state index < -0.39 is 0 Å². The molecule has 0 radical (unpaired) electrons. The summed E-state index contributed by atoms with van der Waals surface area (Å²) in [5.41, 5.74) is 9.12. The van der Waals surface area contributed by atoms with E-state index in [2.05, 4.69) is 24.8 Å². The Labute approximate surface area is 110 Å². The number of hydrogen-bond acceptors (Lipinski definition) is 4.